The smallest absolute Gasteiger partial charge is 0.293 e. The van der Waals surface area contributed by atoms with Crippen LogP contribution in [0.3, 0.4) is 0 Å². The highest BCUT2D eigenvalue weighted by molar-refractivity contribution is 5.92. The van der Waals surface area contributed by atoms with Crippen molar-refractivity contribution in [1.82, 2.24) is 0 Å². The molecule has 5 nitrogen and oxygen atoms in total. The number of primary amides is 1. The van der Waals surface area contributed by atoms with Crippen molar-refractivity contribution >= 4 is 11.6 Å². The van der Waals surface area contributed by atoms with E-state index in [0.29, 0.717) is 0 Å². The first-order chi connectivity index (χ1) is 7.00. The molecule has 0 saturated heterocycles. The van der Waals surface area contributed by atoms with E-state index >= 15 is 0 Å². The lowest BCUT2D eigenvalue weighted by molar-refractivity contribution is -0.385. The molecule has 0 fully saturated rings. The first-order valence-corrected chi connectivity index (χ1v) is 4.07. The van der Waals surface area contributed by atoms with Gasteiger partial charge in [-0.25, -0.2) is 0 Å². The van der Waals surface area contributed by atoms with Gasteiger partial charge in [0.05, 0.1) is 4.92 Å². The Hall–Kier alpha value is -2.35. The van der Waals surface area contributed by atoms with Gasteiger partial charge < -0.3 is 5.73 Å². The van der Waals surface area contributed by atoms with E-state index in [1.807, 2.05) is 0 Å². The van der Waals surface area contributed by atoms with Crippen LogP contribution in [0.25, 0.3) is 0 Å². The number of carbonyl (C=O) groups is 1. The lowest BCUT2D eigenvalue weighted by atomic mass is 10.1. The van der Waals surface area contributed by atoms with Crippen LogP contribution in [0.5, 0.6) is 0 Å². The number of benzene rings is 1. The van der Waals surface area contributed by atoms with Crippen molar-refractivity contribution in [3.63, 3.8) is 0 Å². The number of nitrogens with two attached hydrogens (primary N) is 1. The van der Waals surface area contributed by atoms with Crippen LogP contribution >= 0.6 is 0 Å². The highest BCUT2D eigenvalue weighted by Crippen LogP contribution is 2.18. The molecule has 0 bridgehead atoms. The van der Waals surface area contributed by atoms with Gasteiger partial charge in [-0.15, -0.1) is 0 Å². The molecule has 0 atom stereocenters. The van der Waals surface area contributed by atoms with Crippen molar-refractivity contribution in [2.45, 2.75) is 6.92 Å². The van der Waals surface area contributed by atoms with Gasteiger partial charge >= 0.3 is 0 Å². The summed E-state index contributed by atoms with van der Waals surface area (Å²) in [7, 11) is 0. The number of rotatable bonds is 1. The minimum absolute atomic E-state index is 0.130. The average molecular weight is 204 g/mol. The Morgan fingerprint density at radius 3 is 2.73 bits per heavy atom. The largest absolute Gasteiger partial charge is 0.359 e. The van der Waals surface area contributed by atoms with Gasteiger partial charge in [0.25, 0.3) is 11.6 Å². The Balaban J connectivity index is 3.27. The van der Waals surface area contributed by atoms with E-state index in [0.717, 1.165) is 5.56 Å². The molecule has 76 valence electrons. The van der Waals surface area contributed by atoms with Crippen LogP contribution in [0.2, 0.25) is 0 Å². The van der Waals surface area contributed by atoms with Gasteiger partial charge in [-0.3, -0.25) is 14.9 Å². The summed E-state index contributed by atoms with van der Waals surface area (Å²) in [5.74, 6) is 3.62. The van der Waals surface area contributed by atoms with Crippen LogP contribution in [0, 0.1) is 28.9 Å². The lowest BCUT2D eigenvalue weighted by Crippen LogP contribution is -2.06. The van der Waals surface area contributed by atoms with Gasteiger partial charge in [0.15, 0.2) is 0 Å². The molecule has 1 aromatic carbocycles. The van der Waals surface area contributed by atoms with Gasteiger partial charge in [0.1, 0.15) is 5.56 Å². The number of amides is 1. The average Bonchev–Trinajstić information content (AvgIpc) is 2.14. The molecule has 0 spiro atoms. The molecule has 2 N–H and O–H groups in total. The number of nitro groups is 1. The molecule has 5 heteroatoms. The highest BCUT2D eigenvalue weighted by Gasteiger charge is 2.11. The van der Waals surface area contributed by atoms with Gasteiger partial charge in [-0.2, -0.15) is 0 Å². The van der Waals surface area contributed by atoms with E-state index in [-0.39, 0.29) is 11.3 Å². The number of carbonyl (C=O) groups excluding carboxylic acids is 1. The van der Waals surface area contributed by atoms with Crippen LogP contribution in [0.15, 0.2) is 18.2 Å². The van der Waals surface area contributed by atoms with Crippen molar-refractivity contribution in [3.05, 3.63) is 39.4 Å². The van der Waals surface area contributed by atoms with E-state index < -0.39 is 10.8 Å². The first-order valence-electron chi connectivity index (χ1n) is 4.07. The highest BCUT2D eigenvalue weighted by atomic mass is 16.6. The van der Waals surface area contributed by atoms with E-state index in [2.05, 4.69) is 11.8 Å². The van der Waals surface area contributed by atoms with Gasteiger partial charge in [-0.1, -0.05) is 6.07 Å². The molecular weight excluding hydrogens is 196 g/mol. The third kappa shape index (κ3) is 2.81. The quantitative estimate of drug-likeness (QED) is 0.415. The second kappa shape index (κ2) is 4.24. The summed E-state index contributed by atoms with van der Waals surface area (Å²) in [5, 5.41) is 10.6. The van der Waals surface area contributed by atoms with Crippen LogP contribution in [0.4, 0.5) is 5.69 Å². The number of hydrogen-bond donors (Lipinski definition) is 1. The fourth-order valence-electron chi connectivity index (χ4n) is 1.04. The standard InChI is InChI=1S/C10H8N2O3/c1-7-2-4-9(12(14)15)8(6-7)3-5-10(11)13/h2,4,6H,1H3,(H2,11,13). The Kier molecular flexibility index (Phi) is 3.03. The molecule has 0 aromatic heterocycles. The van der Waals surface area contributed by atoms with E-state index in [9.17, 15) is 14.9 Å². The predicted octanol–water partition coefficient (Wildman–Crippen LogP) is 0.740. The van der Waals surface area contributed by atoms with E-state index in [1.165, 1.54) is 12.1 Å². The number of nitro benzene ring substituents is 1. The Bertz CT molecular complexity index is 483. The number of hydrogen-bond acceptors (Lipinski definition) is 3. The molecule has 1 rings (SSSR count). The van der Waals surface area contributed by atoms with Crippen LogP contribution in [-0.4, -0.2) is 10.8 Å². The van der Waals surface area contributed by atoms with Gasteiger partial charge in [-0.05, 0) is 24.5 Å². The predicted molar refractivity (Wildman–Crippen MR) is 53.9 cm³/mol. The summed E-state index contributed by atoms with van der Waals surface area (Å²) >= 11 is 0. The van der Waals surface area contributed by atoms with Crippen LogP contribution in [0.1, 0.15) is 11.1 Å². The number of aryl methyl sites for hydroxylation is 1. The van der Waals surface area contributed by atoms with E-state index in [1.54, 1.807) is 13.0 Å². The number of nitrogens with zero attached hydrogens (tertiary/aromatic N) is 1. The zero-order valence-corrected chi connectivity index (χ0v) is 7.98. The van der Waals surface area contributed by atoms with Gasteiger partial charge in [0.2, 0.25) is 0 Å². The Morgan fingerprint density at radius 1 is 1.53 bits per heavy atom. The summed E-state index contributed by atoms with van der Waals surface area (Å²) in [5.41, 5.74) is 5.71. The van der Waals surface area contributed by atoms with Crippen LogP contribution in [-0.2, 0) is 4.79 Å². The summed E-state index contributed by atoms with van der Waals surface area (Å²) in [6.45, 7) is 1.78. The normalized spacial score (nSPS) is 8.87. The molecule has 1 aromatic rings. The Morgan fingerprint density at radius 2 is 2.20 bits per heavy atom. The molecule has 0 aliphatic rings. The lowest BCUT2D eigenvalue weighted by Gasteiger charge is -1.96. The second-order valence-electron chi connectivity index (χ2n) is 2.89. The molecule has 0 aliphatic heterocycles. The maximum absolute atomic E-state index is 10.6. The van der Waals surface area contributed by atoms with Gasteiger partial charge in [0, 0.05) is 12.0 Å². The molecule has 0 saturated carbocycles. The topological polar surface area (TPSA) is 86.2 Å². The molecule has 0 aliphatic carbocycles. The summed E-state index contributed by atoms with van der Waals surface area (Å²) in [6.07, 6.45) is 0. The molecule has 0 heterocycles. The van der Waals surface area contributed by atoms with E-state index in [4.69, 9.17) is 5.73 Å². The van der Waals surface area contributed by atoms with Crippen molar-refractivity contribution in [1.29, 1.82) is 0 Å². The maximum Gasteiger partial charge on any atom is 0.293 e. The molecule has 0 radical (unpaired) electrons. The second-order valence-corrected chi connectivity index (χ2v) is 2.89. The molecule has 15 heavy (non-hydrogen) atoms. The van der Waals surface area contributed by atoms with Crippen LogP contribution < -0.4 is 5.73 Å². The fraction of sp³-hybridized carbons (Fsp3) is 0.100. The molecule has 0 unspecified atom stereocenters. The minimum Gasteiger partial charge on any atom is -0.359 e. The maximum atomic E-state index is 10.6. The van der Waals surface area contributed by atoms with Crippen molar-refractivity contribution < 1.29 is 9.72 Å². The minimum atomic E-state index is -0.814. The third-order valence-corrected chi connectivity index (χ3v) is 1.67. The summed E-state index contributed by atoms with van der Waals surface area (Å²) in [4.78, 5) is 20.5. The molecular formula is C10H8N2O3. The molecule has 1 amide bonds. The van der Waals surface area contributed by atoms with Crippen molar-refractivity contribution in [2.75, 3.05) is 0 Å². The summed E-state index contributed by atoms with van der Waals surface area (Å²) in [6, 6.07) is 4.49. The monoisotopic (exact) mass is 204 g/mol. The van der Waals surface area contributed by atoms with Crippen molar-refractivity contribution in [3.8, 4) is 11.8 Å². The Labute approximate surface area is 86.0 Å². The zero-order valence-electron chi connectivity index (χ0n) is 7.98. The SMILES string of the molecule is Cc1ccc([N+](=O)[O-])c(C#CC(N)=O)c1. The fourth-order valence-corrected chi connectivity index (χ4v) is 1.04. The summed E-state index contributed by atoms with van der Waals surface area (Å²) < 4.78 is 0. The zero-order chi connectivity index (χ0) is 11.4. The first kappa shape index (κ1) is 10.7. The third-order valence-electron chi connectivity index (χ3n) is 1.67. The van der Waals surface area contributed by atoms with Crippen molar-refractivity contribution in [2.24, 2.45) is 5.73 Å².